The lowest BCUT2D eigenvalue weighted by molar-refractivity contribution is 0.580. The van der Waals surface area contributed by atoms with Crippen LogP contribution in [0.4, 0.5) is 0 Å². The van der Waals surface area contributed by atoms with Gasteiger partial charge in [0, 0.05) is 25.1 Å². The van der Waals surface area contributed by atoms with Crippen LogP contribution >= 0.6 is 12.2 Å². The highest BCUT2D eigenvalue weighted by Crippen LogP contribution is 2.14. The van der Waals surface area contributed by atoms with Gasteiger partial charge in [-0.2, -0.15) is 0 Å². The van der Waals surface area contributed by atoms with Crippen molar-refractivity contribution in [1.29, 1.82) is 0 Å². The van der Waals surface area contributed by atoms with Crippen molar-refractivity contribution in [1.82, 2.24) is 14.7 Å². The summed E-state index contributed by atoms with van der Waals surface area (Å²) in [5.74, 6) is 0. The van der Waals surface area contributed by atoms with E-state index in [1.54, 1.807) is 12.4 Å². The Bertz CT molecular complexity index is 775. The lowest BCUT2D eigenvalue weighted by atomic mass is 10.2. The molecule has 0 aliphatic heterocycles. The van der Waals surface area contributed by atoms with E-state index in [2.05, 4.69) is 14.7 Å². The summed E-state index contributed by atoms with van der Waals surface area (Å²) in [4.78, 5) is 7.81. The Balaban J connectivity index is 2.28. The Labute approximate surface area is 128 Å². The zero-order valence-electron chi connectivity index (χ0n) is 11.3. The van der Waals surface area contributed by atoms with Gasteiger partial charge in [-0.3, -0.25) is 9.97 Å². The largest absolute Gasteiger partial charge is 0.388 e. The molecule has 0 aromatic carbocycles. The number of hydrogen-bond donors (Lipinski definition) is 2. The first-order valence-electron chi connectivity index (χ1n) is 6.06. The van der Waals surface area contributed by atoms with Gasteiger partial charge < -0.3 is 5.73 Å². The molecule has 2 rings (SSSR count). The maximum absolute atomic E-state index is 12.4. The maximum Gasteiger partial charge on any atom is 0.243 e. The van der Waals surface area contributed by atoms with Gasteiger partial charge in [-0.05, 0) is 36.2 Å². The highest BCUT2D eigenvalue weighted by molar-refractivity contribution is 7.89. The molecule has 0 unspecified atom stereocenters. The van der Waals surface area contributed by atoms with E-state index in [1.165, 1.54) is 18.3 Å². The molecular weight excluding hydrogens is 308 g/mol. The SMILES string of the molecule is Cc1ccncc1CNS(=O)(=O)c1cccnc1C(N)=S. The topological polar surface area (TPSA) is 98.0 Å². The summed E-state index contributed by atoms with van der Waals surface area (Å²) in [6.45, 7) is 2.02. The van der Waals surface area contributed by atoms with Gasteiger partial charge in [-0.1, -0.05) is 12.2 Å². The number of hydrogen-bond acceptors (Lipinski definition) is 5. The summed E-state index contributed by atoms with van der Waals surface area (Å²) in [5.41, 5.74) is 7.34. The fourth-order valence-corrected chi connectivity index (χ4v) is 3.13. The minimum Gasteiger partial charge on any atom is -0.388 e. The van der Waals surface area contributed by atoms with Crippen LogP contribution in [0.3, 0.4) is 0 Å². The van der Waals surface area contributed by atoms with Crippen LogP contribution in [0.2, 0.25) is 0 Å². The van der Waals surface area contributed by atoms with Crippen LogP contribution in [0, 0.1) is 6.92 Å². The summed E-state index contributed by atoms with van der Waals surface area (Å²) in [6, 6.07) is 4.75. The van der Waals surface area contributed by atoms with Gasteiger partial charge in [0.25, 0.3) is 0 Å². The summed E-state index contributed by atoms with van der Waals surface area (Å²) in [5, 5.41) is 0. The molecule has 0 aliphatic rings. The predicted molar refractivity (Wildman–Crippen MR) is 83.1 cm³/mol. The minimum absolute atomic E-state index is 0.0287. The molecule has 0 saturated heterocycles. The molecule has 3 N–H and O–H groups in total. The molecule has 21 heavy (non-hydrogen) atoms. The number of rotatable bonds is 5. The molecule has 110 valence electrons. The van der Waals surface area contributed by atoms with Crippen LogP contribution < -0.4 is 10.5 Å². The van der Waals surface area contributed by atoms with Crippen molar-refractivity contribution in [2.45, 2.75) is 18.4 Å². The molecule has 0 fully saturated rings. The van der Waals surface area contributed by atoms with E-state index in [9.17, 15) is 8.42 Å². The number of nitrogens with zero attached hydrogens (tertiary/aromatic N) is 2. The molecule has 6 nitrogen and oxygen atoms in total. The number of pyridine rings is 2. The quantitative estimate of drug-likeness (QED) is 0.794. The first kappa shape index (κ1) is 15.5. The van der Waals surface area contributed by atoms with Gasteiger partial charge in [0.1, 0.15) is 15.6 Å². The fourth-order valence-electron chi connectivity index (χ4n) is 1.72. The molecule has 8 heteroatoms. The van der Waals surface area contributed by atoms with Crippen LogP contribution in [0.1, 0.15) is 16.8 Å². The summed E-state index contributed by atoms with van der Waals surface area (Å²) >= 11 is 4.83. The third-order valence-electron chi connectivity index (χ3n) is 2.89. The monoisotopic (exact) mass is 322 g/mol. The Morgan fingerprint density at radius 1 is 1.38 bits per heavy atom. The van der Waals surface area contributed by atoms with E-state index >= 15 is 0 Å². The fraction of sp³-hybridized carbons (Fsp3) is 0.154. The molecule has 0 amide bonds. The molecule has 2 aromatic rings. The Morgan fingerprint density at radius 3 is 2.81 bits per heavy atom. The molecule has 0 radical (unpaired) electrons. The average molecular weight is 322 g/mol. The normalized spacial score (nSPS) is 11.3. The second-order valence-corrected chi connectivity index (χ2v) is 6.52. The number of thiocarbonyl (C=S) groups is 1. The van der Waals surface area contributed by atoms with Gasteiger partial charge in [0.05, 0.1) is 0 Å². The molecule has 2 aromatic heterocycles. The van der Waals surface area contributed by atoms with Gasteiger partial charge in [-0.25, -0.2) is 13.1 Å². The number of aromatic nitrogens is 2. The lowest BCUT2D eigenvalue weighted by Gasteiger charge is -2.10. The first-order valence-corrected chi connectivity index (χ1v) is 7.95. The zero-order valence-corrected chi connectivity index (χ0v) is 12.9. The second-order valence-electron chi connectivity index (χ2n) is 4.34. The van der Waals surface area contributed by atoms with Crippen LogP contribution in [-0.4, -0.2) is 23.4 Å². The second kappa shape index (κ2) is 6.25. The third kappa shape index (κ3) is 3.60. The van der Waals surface area contributed by atoms with Crippen molar-refractivity contribution >= 4 is 27.2 Å². The number of nitrogens with one attached hydrogen (secondary N) is 1. The molecule has 0 bridgehead atoms. The van der Waals surface area contributed by atoms with E-state index in [-0.39, 0.29) is 22.1 Å². The van der Waals surface area contributed by atoms with Crippen molar-refractivity contribution in [3.05, 3.63) is 53.6 Å². The predicted octanol–water partition coefficient (Wildman–Crippen LogP) is 0.898. The molecular formula is C13H14N4O2S2. The van der Waals surface area contributed by atoms with Crippen LogP contribution in [0.15, 0.2) is 41.7 Å². The van der Waals surface area contributed by atoms with Crippen molar-refractivity contribution in [3.63, 3.8) is 0 Å². The molecule has 0 saturated carbocycles. The van der Waals surface area contributed by atoms with Gasteiger partial charge in [-0.15, -0.1) is 0 Å². The van der Waals surface area contributed by atoms with E-state index < -0.39 is 10.0 Å². The Kier molecular flexibility index (Phi) is 4.61. The number of sulfonamides is 1. The standard InChI is InChI=1S/C13H14N4O2S2/c1-9-4-6-15-7-10(9)8-17-21(18,19)11-3-2-5-16-12(11)13(14)20/h2-7,17H,8H2,1H3,(H2,14,20). The smallest absolute Gasteiger partial charge is 0.243 e. The lowest BCUT2D eigenvalue weighted by Crippen LogP contribution is -2.27. The van der Waals surface area contributed by atoms with Gasteiger partial charge in [0.2, 0.25) is 10.0 Å². The molecule has 2 heterocycles. The van der Waals surface area contributed by atoms with Crippen LogP contribution in [-0.2, 0) is 16.6 Å². The summed E-state index contributed by atoms with van der Waals surface area (Å²) in [6.07, 6.45) is 4.72. The number of nitrogens with two attached hydrogens (primary N) is 1. The van der Waals surface area contributed by atoms with E-state index in [1.807, 2.05) is 13.0 Å². The van der Waals surface area contributed by atoms with Gasteiger partial charge >= 0.3 is 0 Å². The molecule has 0 spiro atoms. The van der Waals surface area contributed by atoms with Crippen molar-refractivity contribution in [3.8, 4) is 0 Å². The minimum atomic E-state index is -3.76. The average Bonchev–Trinajstić information content (AvgIpc) is 2.46. The van der Waals surface area contributed by atoms with Gasteiger partial charge in [0.15, 0.2) is 0 Å². The summed E-state index contributed by atoms with van der Waals surface area (Å²) in [7, 11) is -3.76. The van der Waals surface area contributed by atoms with E-state index in [4.69, 9.17) is 18.0 Å². The van der Waals surface area contributed by atoms with Crippen LogP contribution in [0.5, 0.6) is 0 Å². The highest BCUT2D eigenvalue weighted by Gasteiger charge is 2.20. The zero-order chi connectivity index (χ0) is 15.5. The third-order valence-corrected chi connectivity index (χ3v) is 4.52. The van der Waals surface area contributed by atoms with Crippen molar-refractivity contribution in [2.24, 2.45) is 5.73 Å². The molecule has 0 atom stereocenters. The first-order chi connectivity index (χ1) is 9.92. The van der Waals surface area contributed by atoms with Crippen molar-refractivity contribution in [2.75, 3.05) is 0 Å². The summed E-state index contributed by atoms with van der Waals surface area (Å²) < 4.78 is 27.2. The van der Waals surface area contributed by atoms with Crippen LogP contribution in [0.25, 0.3) is 0 Å². The maximum atomic E-state index is 12.4. The Hall–Kier alpha value is -1.90. The highest BCUT2D eigenvalue weighted by atomic mass is 32.2. The Morgan fingerprint density at radius 2 is 2.14 bits per heavy atom. The number of aryl methyl sites for hydroxylation is 1. The molecule has 0 aliphatic carbocycles. The van der Waals surface area contributed by atoms with E-state index in [0.717, 1.165) is 11.1 Å². The van der Waals surface area contributed by atoms with E-state index in [0.29, 0.717) is 0 Å². The van der Waals surface area contributed by atoms with Crippen molar-refractivity contribution < 1.29 is 8.42 Å².